The van der Waals surface area contributed by atoms with E-state index >= 15 is 0 Å². The number of benzene rings is 1. The number of aliphatic hydroxyl groups is 1. The number of hydrogen-bond acceptors (Lipinski definition) is 5. The molecule has 2 heterocycles. The average molecular weight is 443 g/mol. The van der Waals surface area contributed by atoms with Crippen LogP contribution in [0.5, 0.6) is 0 Å². The van der Waals surface area contributed by atoms with E-state index in [1.54, 1.807) is 23.2 Å². The normalized spacial score (nSPS) is 38.7. The lowest BCUT2D eigenvalue weighted by Gasteiger charge is -2.60. The third-order valence-electron chi connectivity index (χ3n) is 8.24. The number of rotatable bonds is 3. The van der Waals surface area contributed by atoms with Crippen LogP contribution >= 0.6 is 11.6 Å². The Morgan fingerprint density at radius 2 is 1.97 bits per heavy atom. The van der Waals surface area contributed by atoms with Crippen molar-refractivity contribution in [2.24, 2.45) is 23.7 Å². The number of fused-ring (bicyclic) bond motifs is 1. The van der Waals surface area contributed by atoms with Gasteiger partial charge in [-0.15, -0.1) is 0 Å². The Morgan fingerprint density at radius 3 is 2.68 bits per heavy atom. The molecule has 1 aromatic carbocycles. The smallest absolute Gasteiger partial charge is 0.407 e. The number of hydrogen-bond donors (Lipinski definition) is 3. The summed E-state index contributed by atoms with van der Waals surface area (Å²) in [6.45, 7) is 0.526. The predicted molar refractivity (Wildman–Crippen MR) is 117 cm³/mol. The van der Waals surface area contributed by atoms with Crippen molar-refractivity contribution in [3.05, 3.63) is 29.4 Å². The largest absolute Gasteiger partial charge is 0.465 e. The van der Waals surface area contributed by atoms with Crippen LogP contribution < -0.4 is 5.32 Å². The number of carboxylic acid groups (broad SMARTS) is 1. The number of anilines is 1. The van der Waals surface area contributed by atoms with Crippen LogP contribution in [0.25, 0.3) is 11.0 Å². The van der Waals surface area contributed by atoms with Gasteiger partial charge in [0, 0.05) is 11.6 Å². The van der Waals surface area contributed by atoms with Gasteiger partial charge in [-0.05, 0) is 80.4 Å². The van der Waals surface area contributed by atoms with Gasteiger partial charge in [0.2, 0.25) is 0 Å². The number of nitrogens with one attached hydrogen (secondary N) is 1. The van der Waals surface area contributed by atoms with Crippen LogP contribution in [0.2, 0.25) is 5.02 Å². The second kappa shape index (κ2) is 6.94. The Labute approximate surface area is 185 Å². The number of nitrogens with zero attached hydrogens (tertiary/aromatic N) is 3. The summed E-state index contributed by atoms with van der Waals surface area (Å²) in [7, 11) is 0. The first-order valence-corrected chi connectivity index (χ1v) is 11.7. The summed E-state index contributed by atoms with van der Waals surface area (Å²) < 4.78 is 0. The highest BCUT2D eigenvalue weighted by Crippen LogP contribution is 2.60. The fourth-order valence-electron chi connectivity index (χ4n) is 7.49. The third-order valence-corrected chi connectivity index (χ3v) is 8.48. The van der Waals surface area contributed by atoms with Gasteiger partial charge in [-0.3, -0.25) is 4.98 Å². The molecule has 4 bridgehead atoms. The van der Waals surface area contributed by atoms with Crippen molar-refractivity contribution in [3.8, 4) is 0 Å². The highest BCUT2D eigenvalue weighted by atomic mass is 35.5. The fourth-order valence-corrected chi connectivity index (χ4v) is 7.66. The first kappa shape index (κ1) is 19.6. The van der Waals surface area contributed by atoms with Gasteiger partial charge in [0.15, 0.2) is 0 Å². The summed E-state index contributed by atoms with van der Waals surface area (Å²) in [4.78, 5) is 22.9. The van der Waals surface area contributed by atoms with E-state index in [2.05, 4.69) is 10.3 Å². The number of likely N-dealkylation sites (tertiary alicyclic amines) is 1. The SMILES string of the molecule is O=C(O)N1CCC(Nc2cnc3cc(Cl)ccc3n2)[C@H]1C1C2CC3C[C@H]1C[C@@](O)(C3)C2. The van der Waals surface area contributed by atoms with Crippen LogP contribution in [0, 0.1) is 23.7 Å². The summed E-state index contributed by atoms with van der Waals surface area (Å²) in [5.74, 6) is 2.35. The fraction of sp³-hybridized carbons (Fsp3) is 0.609. The molecule has 7 atom stereocenters. The van der Waals surface area contributed by atoms with Crippen molar-refractivity contribution in [2.45, 2.75) is 56.2 Å². The Balaban J connectivity index is 1.30. The molecule has 164 valence electrons. The van der Waals surface area contributed by atoms with Crippen LogP contribution in [0.1, 0.15) is 38.5 Å². The van der Waals surface area contributed by atoms with E-state index in [-0.39, 0.29) is 12.1 Å². The molecule has 0 spiro atoms. The zero-order chi connectivity index (χ0) is 21.3. The summed E-state index contributed by atoms with van der Waals surface area (Å²) in [5.41, 5.74) is 0.978. The second-order valence-corrected chi connectivity index (χ2v) is 10.6. The molecule has 4 aliphatic carbocycles. The molecule has 7 rings (SSSR count). The number of aromatic nitrogens is 2. The highest BCUT2D eigenvalue weighted by molar-refractivity contribution is 6.31. The van der Waals surface area contributed by atoms with Gasteiger partial charge in [0.05, 0.1) is 34.9 Å². The summed E-state index contributed by atoms with van der Waals surface area (Å²) in [6, 6.07) is 5.33. The van der Waals surface area contributed by atoms with Crippen molar-refractivity contribution >= 4 is 34.5 Å². The Morgan fingerprint density at radius 1 is 1.19 bits per heavy atom. The molecule has 4 saturated carbocycles. The van der Waals surface area contributed by atoms with E-state index in [0.717, 1.165) is 49.6 Å². The van der Waals surface area contributed by atoms with E-state index in [4.69, 9.17) is 16.6 Å². The average Bonchev–Trinajstić information content (AvgIpc) is 3.10. The van der Waals surface area contributed by atoms with Gasteiger partial charge < -0.3 is 20.4 Å². The number of amides is 1. The molecule has 2 aromatic rings. The zero-order valence-corrected chi connectivity index (χ0v) is 18.0. The van der Waals surface area contributed by atoms with Crippen molar-refractivity contribution in [1.29, 1.82) is 0 Å². The highest BCUT2D eigenvalue weighted by Gasteiger charge is 2.59. The minimum Gasteiger partial charge on any atom is -0.465 e. The lowest BCUT2D eigenvalue weighted by molar-refractivity contribution is -0.162. The molecule has 1 aliphatic heterocycles. The van der Waals surface area contributed by atoms with Crippen LogP contribution in [0.15, 0.2) is 24.4 Å². The van der Waals surface area contributed by atoms with E-state index in [9.17, 15) is 15.0 Å². The van der Waals surface area contributed by atoms with Gasteiger partial charge in [-0.2, -0.15) is 0 Å². The summed E-state index contributed by atoms with van der Waals surface area (Å²) in [5, 5.41) is 25.1. The number of halogens is 1. The van der Waals surface area contributed by atoms with Gasteiger partial charge in [0.1, 0.15) is 5.82 Å². The van der Waals surface area contributed by atoms with Crippen LogP contribution in [-0.4, -0.2) is 55.4 Å². The van der Waals surface area contributed by atoms with E-state index < -0.39 is 11.7 Å². The lowest BCUT2D eigenvalue weighted by atomic mass is 9.48. The minimum absolute atomic E-state index is 0.00711. The summed E-state index contributed by atoms with van der Waals surface area (Å²) >= 11 is 6.05. The molecule has 5 aliphatic rings. The molecule has 3 N–H and O–H groups in total. The molecule has 4 unspecified atom stereocenters. The topological polar surface area (TPSA) is 98.6 Å². The van der Waals surface area contributed by atoms with Crippen molar-refractivity contribution in [1.82, 2.24) is 14.9 Å². The van der Waals surface area contributed by atoms with Gasteiger partial charge >= 0.3 is 6.09 Å². The second-order valence-electron chi connectivity index (χ2n) is 10.2. The van der Waals surface area contributed by atoms with Gasteiger partial charge in [0.25, 0.3) is 0 Å². The molecule has 8 heteroatoms. The standard InChI is InChI=1S/C23H27ClN4O3/c24-15-1-2-16-18(7-15)25-11-19(26-16)27-17-3-4-28(22(29)30)21(17)20-13-5-12-6-14(20)10-23(31,8-12)9-13/h1-2,7,11-14,17,20-21,31H,3-6,8-10H2,(H,26,27)(H,29,30)/t12?,13-,14?,17?,20?,21-,23-/m0/s1. The molecule has 5 fully saturated rings. The molecule has 31 heavy (non-hydrogen) atoms. The van der Waals surface area contributed by atoms with Crippen molar-refractivity contribution in [2.75, 3.05) is 11.9 Å². The third kappa shape index (κ3) is 3.24. The van der Waals surface area contributed by atoms with Crippen LogP contribution in [-0.2, 0) is 0 Å². The monoisotopic (exact) mass is 442 g/mol. The van der Waals surface area contributed by atoms with Gasteiger partial charge in [-0.25, -0.2) is 9.78 Å². The Kier molecular flexibility index (Phi) is 4.38. The maximum Gasteiger partial charge on any atom is 0.407 e. The van der Waals surface area contributed by atoms with Crippen molar-refractivity contribution in [3.63, 3.8) is 0 Å². The molecular weight excluding hydrogens is 416 g/mol. The first-order chi connectivity index (χ1) is 14.9. The van der Waals surface area contributed by atoms with Crippen molar-refractivity contribution < 1.29 is 15.0 Å². The number of carbonyl (C=O) groups is 1. The zero-order valence-electron chi connectivity index (χ0n) is 17.2. The first-order valence-electron chi connectivity index (χ1n) is 11.3. The maximum atomic E-state index is 12.1. The summed E-state index contributed by atoms with van der Waals surface area (Å²) in [6.07, 6.45) is 6.42. The van der Waals surface area contributed by atoms with E-state index in [0.29, 0.717) is 41.1 Å². The molecule has 0 radical (unpaired) electrons. The lowest BCUT2D eigenvalue weighted by Crippen LogP contribution is -2.61. The van der Waals surface area contributed by atoms with E-state index in [1.165, 1.54) is 0 Å². The molecule has 1 amide bonds. The Bertz CT molecular complexity index is 1030. The minimum atomic E-state index is -0.846. The maximum absolute atomic E-state index is 12.1. The van der Waals surface area contributed by atoms with Gasteiger partial charge in [-0.1, -0.05) is 11.6 Å². The van der Waals surface area contributed by atoms with E-state index in [1.807, 2.05) is 6.07 Å². The molecule has 1 saturated heterocycles. The van der Waals surface area contributed by atoms with Crippen LogP contribution in [0.3, 0.4) is 0 Å². The molecule has 7 nitrogen and oxygen atoms in total. The molecule has 1 aromatic heterocycles. The Hall–Kier alpha value is -2.12. The van der Waals surface area contributed by atoms with Crippen LogP contribution in [0.4, 0.5) is 10.6 Å². The quantitative estimate of drug-likeness (QED) is 0.664. The predicted octanol–water partition coefficient (Wildman–Crippen LogP) is 4.00. The molecular formula is C23H27ClN4O3.